The highest BCUT2D eigenvalue weighted by atomic mass is 32.2. The maximum Gasteiger partial charge on any atom is 0.416 e. The quantitative estimate of drug-likeness (QED) is 0.796. The van der Waals surface area contributed by atoms with Gasteiger partial charge in [-0.3, -0.25) is 0 Å². The molecule has 0 aliphatic carbocycles. The number of halogens is 3. The monoisotopic (exact) mass is 385 g/mol. The smallest absolute Gasteiger partial charge is 0.368 e. The van der Waals surface area contributed by atoms with Gasteiger partial charge in [0, 0.05) is 0 Å². The Morgan fingerprint density at radius 1 is 1.08 bits per heavy atom. The highest BCUT2D eigenvalue weighted by Gasteiger charge is 2.49. The molecule has 140 valence electrons. The lowest BCUT2D eigenvalue weighted by molar-refractivity contribution is -0.137. The number of aryl methyl sites for hydroxylation is 1. The molecular formula is C18H18F3NO3S. The maximum atomic E-state index is 12.8. The van der Waals surface area contributed by atoms with Gasteiger partial charge in [-0.15, -0.1) is 0 Å². The predicted molar refractivity (Wildman–Crippen MR) is 90.0 cm³/mol. The third-order valence-electron chi connectivity index (χ3n) is 4.39. The van der Waals surface area contributed by atoms with E-state index in [4.69, 9.17) is 4.74 Å². The molecule has 4 nitrogen and oxygen atoms in total. The number of alkyl halides is 3. The van der Waals surface area contributed by atoms with Crippen LogP contribution in [-0.2, 0) is 20.9 Å². The number of benzene rings is 2. The summed E-state index contributed by atoms with van der Waals surface area (Å²) in [5.41, 5.74) is -0.255. The summed E-state index contributed by atoms with van der Waals surface area (Å²) in [5.74, 6) is 0. The summed E-state index contributed by atoms with van der Waals surface area (Å²) in [6.45, 7) is 3.87. The first-order chi connectivity index (χ1) is 12.0. The molecule has 1 N–H and O–H groups in total. The number of rotatable bonds is 5. The van der Waals surface area contributed by atoms with Crippen LogP contribution in [0.4, 0.5) is 13.2 Å². The number of hydrogen-bond acceptors (Lipinski definition) is 3. The van der Waals surface area contributed by atoms with Crippen LogP contribution in [0.1, 0.15) is 29.7 Å². The van der Waals surface area contributed by atoms with E-state index in [1.165, 1.54) is 24.3 Å². The summed E-state index contributed by atoms with van der Waals surface area (Å²) in [6, 6.07) is 9.96. The molecule has 2 aromatic carbocycles. The van der Waals surface area contributed by atoms with Crippen molar-refractivity contribution in [1.29, 1.82) is 0 Å². The van der Waals surface area contributed by atoms with E-state index in [2.05, 4.69) is 4.72 Å². The van der Waals surface area contributed by atoms with Gasteiger partial charge in [-0.25, -0.2) is 13.1 Å². The third-order valence-corrected chi connectivity index (χ3v) is 5.82. The lowest BCUT2D eigenvalue weighted by Crippen LogP contribution is -2.37. The molecule has 2 aromatic rings. The van der Waals surface area contributed by atoms with Crippen molar-refractivity contribution < 1.29 is 26.3 Å². The Morgan fingerprint density at radius 3 is 2.08 bits per heavy atom. The Bertz CT molecular complexity index is 887. The molecule has 0 spiro atoms. The van der Waals surface area contributed by atoms with Gasteiger partial charge in [0.15, 0.2) is 0 Å². The van der Waals surface area contributed by atoms with E-state index in [9.17, 15) is 21.6 Å². The van der Waals surface area contributed by atoms with Crippen LogP contribution in [0.2, 0.25) is 0 Å². The summed E-state index contributed by atoms with van der Waals surface area (Å²) >= 11 is 0. The zero-order valence-electron chi connectivity index (χ0n) is 14.2. The average molecular weight is 385 g/mol. The van der Waals surface area contributed by atoms with E-state index < -0.39 is 33.4 Å². The van der Waals surface area contributed by atoms with Crippen LogP contribution in [0.3, 0.4) is 0 Å². The van der Waals surface area contributed by atoms with E-state index in [-0.39, 0.29) is 4.90 Å². The third kappa shape index (κ3) is 3.92. The minimum atomic E-state index is -4.45. The molecule has 0 radical (unpaired) electrons. The number of hydrogen-bond donors (Lipinski definition) is 1. The zero-order chi connectivity index (χ0) is 19.2. The summed E-state index contributed by atoms with van der Waals surface area (Å²) < 4.78 is 71.6. The molecule has 2 atom stereocenters. The topological polar surface area (TPSA) is 58.7 Å². The number of epoxide rings is 1. The van der Waals surface area contributed by atoms with E-state index >= 15 is 0 Å². The SMILES string of the molecule is Cc1ccc(S(=O)(=O)N[C@H](c2ccc(C(F)(F)F)cc2)[C@]2(C)CO2)cc1. The van der Waals surface area contributed by atoms with Crippen LogP contribution in [0.5, 0.6) is 0 Å². The Labute approximate surface area is 150 Å². The van der Waals surface area contributed by atoms with Crippen molar-refractivity contribution >= 4 is 10.0 Å². The normalized spacial score (nSPS) is 21.4. The lowest BCUT2D eigenvalue weighted by Gasteiger charge is -2.23. The molecule has 1 heterocycles. The molecule has 0 aromatic heterocycles. The van der Waals surface area contributed by atoms with Gasteiger partial charge in [0.2, 0.25) is 10.0 Å². The molecule has 0 bridgehead atoms. The van der Waals surface area contributed by atoms with E-state index in [0.29, 0.717) is 12.2 Å². The second-order valence-electron chi connectivity index (χ2n) is 6.59. The fourth-order valence-electron chi connectivity index (χ4n) is 2.63. The van der Waals surface area contributed by atoms with Crippen molar-refractivity contribution in [3.63, 3.8) is 0 Å². The van der Waals surface area contributed by atoms with Gasteiger partial charge in [0.25, 0.3) is 0 Å². The number of sulfonamides is 1. The Kier molecular flexibility index (Phi) is 4.62. The van der Waals surface area contributed by atoms with Gasteiger partial charge in [-0.1, -0.05) is 29.8 Å². The number of nitrogens with one attached hydrogen (secondary N) is 1. The summed E-state index contributed by atoms with van der Waals surface area (Å²) in [4.78, 5) is 0.0873. The fraction of sp³-hybridized carbons (Fsp3) is 0.333. The van der Waals surface area contributed by atoms with Crippen LogP contribution in [0.25, 0.3) is 0 Å². The molecule has 26 heavy (non-hydrogen) atoms. The lowest BCUT2D eigenvalue weighted by atomic mass is 9.95. The Balaban J connectivity index is 1.91. The molecule has 3 rings (SSSR count). The second-order valence-corrected chi connectivity index (χ2v) is 8.30. The highest BCUT2D eigenvalue weighted by Crippen LogP contribution is 2.41. The maximum absolute atomic E-state index is 12.8. The molecular weight excluding hydrogens is 367 g/mol. The minimum Gasteiger partial charge on any atom is -0.368 e. The minimum absolute atomic E-state index is 0.0873. The summed E-state index contributed by atoms with van der Waals surface area (Å²) in [5, 5.41) is 0. The van der Waals surface area contributed by atoms with Crippen molar-refractivity contribution in [2.45, 2.75) is 36.6 Å². The Morgan fingerprint density at radius 2 is 1.62 bits per heavy atom. The van der Waals surface area contributed by atoms with Gasteiger partial charge in [-0.05, 0) is 43.7 Å². The largest absolute Gasteiger partial charge is 0.416 e. The van der Waals surface area contributed by atoms with Gasteiger partial charge < -0.3 is 4.74 Å². The molecule has 1 fully saturated rings. The van der Waals surface area contributed by atoms with E-state index in [1.54, 1.807) is 19.1 Å². The first-order valence-corrected chi connectivity index (χ1v) is 9.40. The van der Waals surface area contributed by atoms with Gasteiger partial charge in [0.1, 0.15) is 5.60 Å². The van der Waals surface area contributed by atoms with Gasteiger partial charge in [0.05, 0.1) is 23.1 Å². The van der Waals surface area contributed by atoms with Crippen molar-refractivity contribution in [2.75, 3.05) is 6.61 Å². The Hall–Kier alpha value is -1.90. The van der Waals surface area contributed by atoms with E-state index in [0.717, 1.165) is 17.7 Å². The van der Waals surface area contributed by atoms with Crippen molar-refractivity contribution in [2.24, 2.45) is 0 Å². The van der Waals surface area contributed by atoms with Crippen LogP contribution in [0.15, 0.2) is 53.4 Å². The van der Waals surface area contributed by atoms with Crippen LogP contribution in [0, 0.1) is 6.92 Å². The molecule has 0 amide bonds. The van der Waals surface area contributed by atoms with E-state index in [1.807, 2.05) is 6.92 Å². The first-order valence-electron chi connectivity index (χ1n) is 7.91. The summed E-state index contributed by atoms with van der Waals surface area (Å²) in [6.07, 6.45) is -4.45. The van der Waals surface area contributed by atoms with Gasteiger partial charge in [-0.2, -0.15) is 13.2 Å². The summed E-state index contributed by atoms with van der Waals surface area (Å²) in [7, 11) is -3.86. The predicted octanol–water partition coefficient (Wildman–Crippen LogP) is 3.82. The highest BCUT2D eigenvalue weighted by molar-refractivity contribution is 7.89. The van der Waals surface area contributed by atoms with Crippen molar-refractivity contribution in [3.05, 3.63) is 65.2 Å². The average Bonchev–Trinajstić information content (AvgIpc) is 3.31. The second kappa shape index (κ2) is 6.37. The van der Waals surface area contributed by atoms with Gasteiger partial charge >= 0.3 is 6.18 Å². The van der Waals surface area contributed by atoms with Crippen LogP contribution >= 0.6 is 0 Å². The van der Waals surface area contributed by atoms with Crippen molar-refractivity contribution in [1.82, 2.24) is 4.72 Å². The first kappa shape index (κ1) is 18.9. The zero-order valence-corrected chi connectivity index (χ0v) is 15.0. The molecule has 1 aliphatic rings. The molecule has 0 saturated carbocycles. The van der Waals surface area contributed by atoms with Crippen molar-refractivity contribution in [3.8, 4) is 0 Å². The molecule has 1 saturated heterocycles. The standard InChI is InChI=1S/C18H18F3NO3S/c1-12-3-9-15(10-4-12)26(23,24)22-16(17(2)11-25-17)13-5-7-14(8-6-13)18(19,20)21/h3-10,16,22H,11H2,1-2H3/t16-,17+/m1/s1. The molecule has 0 unspecified atom stereocenters. The fourth-order valence-corrected chi connectivity index (χ4v) is 3.96. The number of ether oxygens (including phenoxy) is 1. The van der Waals surface area contributed by atoms with Crippen LogP contribution < -0.4 is 4.72 Å². The molecule has 8 heteroatoms. The molecule has 1 aliphatic heterocycles. The van der Waals surface area contributed by atoms with Crippen LogP contribution in [-0.4, -0.2) is 20.6 Å².